The molecule has 0 spiro atoms. The van der Waals surface area contributed by atoms with E-state index in [9.17, 15) is 4.79 Å². The van der Waals surface area contributed by atoms with Crippen molar-refractivity contribution in [2.75, 3.05) is 0 Å². The van der Waals surface area contributed by atoms with Crippen molar-refractivity contribution >= 4 is 11.0 Å². The minimum atomic E-state index is 0.0415. The number of imidazole rings is 1. The summed E-state index contributed by atoms with van der Waals surface area (Å²) in [5, 5.41) is 0. The van der Waals surface area contributed by atoms with Gasteiger partial charge in [0, 0.05) is 19.1 Å². The number of hydrogen-bond acceptors (Lipinski definition) is 2. The number of aryl methyl sites for hydroxylation is 2. The number of benzene rings is 1. The molecular formula is C14H21N3O. The van der Waals surface area contributed by atoms with Crippen molar-refractivity contribution in [2.24, 2.45) is 5.73 Å². The Labute approximate surface area is 107 Å². The fourth-order valence-electron chi connectivity index (χ4n) is 2.41. The molecule has 98 valence electrons. The smallest absolute Gasteiger partial charge is 0.324 e. The minimum absolute atomic E-state index is 0.0415. The van der Waals surface area contributed by atoms with Gasteiger partial charge >= 0.3 is 5.69 Å². The van der Waals surface area contributed by atoms with Crippen molar-refractivity contribution in [1.82, 2.24) is 9.13 Å². The fraction of sp³-hybridized carbons (Fsp3) is 0.500. The summed E-state index contributed by atoms with van der Waals surface area (Å²) in [7, 11) is 0. The molecule has 0 aliphatic carbocycles. The molecule has 1 unspecified atom stereocenters. The van der Waals surface area contributed by atoms with Gasteiger partial charge in [-0.2, -0.15) is 0 Å². The van der Waals surface area contributed by atoms with Crippen LogP contribution in [-0.4, -0.2) is 9.13 Å². The quantitative estimate of drug-likeness (QED) is 0.901. The van der Waals surface area contributed by atoms with Crippen LogP contribution in [0.25, 0.3) is 11.0 Å². The van der Waals surface area contributed by atoms with Gasteiger partial charge < -0.3 is 5.73 Å². The molecule has 2 rings (SSSR count). The van der Waals surface area contributed by atoms with Crippen LogP contribution in [0.2, 0.25) is 0 Å². The van der Waals surface area contributed by atoms with E-state index < -0.39 is 0 Å². The van der Waals surface area contributed by atoms with Gasteiger partial charge in [-0.15, -0.1) is 0 Å². The molecule has 2 aromatic rings. The molecule has 0 radical (unpaired) electrons. The average molecular weight is 247 g/mol. The van der Waals surface area contributed by atoms with Crippen molar-refractivity contribution in [3.8, 4) is 0 Å². The molecule has 2 N–H and O–H groups in total. The van der Waals surface area contributed by atoms with Crippen molar-refractivity contribution in [1.29, 1.82) is 0 Å². The molecule has 0 fully saturated rings. The molecular weight excluding hydrogens is 226 g/mol. The number of hydrogen-bond donors (Lipinski definition) is 1. The number of nitrogens with two attached hydrogens (primary N) is 1. The molecule has 0 bridgehead atoms. The first-order chi connectivity index (χ1) is 8.63. The summed E-state index contributed by atoms with van der Waals surface area (Å²) in [6.45, 7) is 7.44. The molecule has 0 amide bonds. The number of rotatable bonds is 4. The summed E-state index contributed by atoms with van der Waals surface area (Å²) in [5.74, 6) is 0. The van der Waals surface area contributed by atoms with Gasteiger partial charge in [0.15, 0.2) is 0 Å². The molecule has 0 aliphatic heterocycles. The van der Waals surface area contributed by atoms with Gasteiger partial charge in [0.1, 0.15) is 0 Å². The highest BCUT2D eigenvalue weighted by atomic mass is 16.1. The lowest BCUT2D eigenvalue weighted by atomic mass is 10.0. The predicted octanol–water partition coefficient (Wildman–Crippen LogP) is 2.25. The first-order valence-electron chi connectivity index (χ1n) is 6.62. The van der Waals surface area contributed by atoms with Gasteiger partial charge in [-0.25, -0.2) is 4.79 Å². The second kappa shape index (κ2) is 4.98. The Morgan fingerprint density at radius 2 is 1.72 bits per heavy atom. The van der Waals surface area contributed by atoms with Crippen molar-refractivity contribution in [3.63, 3.8) is 0 Å². The minimum Gasteiger partial charge on any atom is -0.324 e. The van der Waals surface area contributed by atoms with Gasteiger partial charge in [0.25, 0.3) is 0 Å². The standard InChI is InChI=1S/C14H21N3O/c1-4-11(15)10-7-8-12-13(9-10)17(6-3)14(18)16(12)5-2/h7-9,11H,4-6,15H2,1-3H3. The lowest BCUT2D eigenvalue weighted by Crippen LogP contribution is -2.23. The van der Waals surface area contributed by atoms with Crippen LogP contribution in [0.3, 0.4) is 0 Å². The Balaban J connectivity index is 2.73. The molecule has 4 nitrogen and oxygen atoms in total. The van der Waals surface area contributed by atoms with E-state index in [-0.39, 0.29) is 11.7 Å². The molecule has 0 saturated carbocycles. The van der Waals surface area contributed by atoms with Gasteiger partial charge in [0.2, 0.25) is 0 Å². The number of aromatic nitrogens is 2. The van der Waals surface area contributed by atoms with Crippen LogP contribution in [0.5, 0.6) is 0 Å². The van der Waals surface area contributed by atoms with Crippen LogP contribution >= 0.6 is 0 Å². The largest absolute Gasteiger partial charge is 0.329 e. The Bertz CT molecular complexity index is 609. The van der Waals surface area contributed by atoms with E-state index in [4.69, 9.17) is 5.73 Å². The SMILES string of the molecule is CCC(N)c1ccc2c(c1)n(CC)c(=O)n2CC. The molecule has 1 aromatic carbocycles. The summed E-state index contributed by atoms with van der Waals surface area (Å²) >= 11 is 0. The summed E-state index contributed by atoms with van der Waals surface area (Å²) in [6.07, 6.45) is 0.899. The Morgan fingerprint density at radius 3 is 2.28 bits per heavy atom. The third-order valence-corrected chi connectivity index (χ3v) is 3.54. The van der Waals surface area contributed by atoms with E-state index in [0.29, 0.717) is 13.1 Å². The van der Waals surface area contributed by atoms with Gasteiger partial charge in [0.05, 0.1) is 11.0 Å². The van der Waals surface area contributed by atoms with Crippen LogP contribution in [0.1, 0.15) is 38.8 Å². The molecule has 0 saturated heterocycles. The van der Waals surface area contributed by atoms with Gasteiger partial charge in [-0.3, -0.25) is 9.13 Å². The second-order valence-corrected chi connectivity index (χ2v) is 4.53. The first-order valence-corrected chi connectivity index (χ1v) is 6.62. The van der Waals surface area contributed by atoms with Crippen molar-refractivity contribution in [2.45, 2.75) is 46.3 Å². The van der Waals surface area contributed by atoms with E-state index in [1.54, 1.807) is 4.57 Å². The lowest BCUT2D eigenvalue weighted by molar-refractivity contribution is 0.670. The van der Waals surface area contributed by atoms with Gasteiger partial charge in [-0.05, 0) is 38.0 Å². The normalized spacial score (nSPS) is 13.1. The van der Waals surface area contributed by atoms with Crippen LogP contribution in [0.4, 0.5) is 0 Å². The topological polar surface area (TPSA) is 52.9 Å². The van der Waals surface area contributed by atoms with E-state index in [2.05, 4.69) is 13.0 Å². The average Bonchev–Trinajstić information content (AvgIpc) is 2.67. The highest BCUT2D eigenvalue weighted by Gasteiger charge is 2.12. The zero-order valence-electron chi connectivity index (χ0n) is 11.3. The predicted molar refractivity (Wildman–Crippen MR) is 74.8 cm³/mol. The summed E-state index contributed by atoms with van der Waals surface area (Å²) in [5.41, 5.74) is 9.21. The van der Waals surface area contributed by atoms with E-state index in [1.807, 2.05) is 30.5 Å². The Kier molecular flexibility index (Phi) is 3.57. The van der Waals surface area contributed by atoms with E-state index in [1.165, 1.54) is 0 Å². The zero-order chi connectivity index (χ0) is 13.3. The summed E-state index contributed by atoms with van der Waals surface area (Å²) in [6, 6.07) is 6.14. The molecule has 4 heteroatoms. The Morgan fingerprint density at radius 1 is 1.11 bits per heavy atom. The molecule has 0 aliphatic rings. The van der Waals surface area contributed by atoms with Crippen LogP contribution < -0.4 is 11.4 Å². The third kappa shape index (κ3) is 1.86. The summed E-state index contributed by atoms with van der Waals surface area (Å²) in [4.78, 5) is 12.2. The van der Waals surface area contributed by atoms with E-state index >= 15 is 0 Å². The highest BCUT2D eigenvalue weighted by molar-refractivity contribution is 5.77. The maximum atomic E-state index is 12.2. The Hall–Kier alpha value is -1.55. The lowest BCUT2D eigenvalue weighted by Gasteiger charge is -2.09. The maximum Gasteiger partial charge on any atom is 0.329 e. The van der Waals surface area contributed by atoms with E-state index in [0.717, 1.165) is 23.0 Å². The molecule has 1 atom stereocenters. The van der Waals surface area contributed by atoms with Crippen molar-refractivity contribution in [3.05, 3.63) is 34.2 Å². The van der Waals surface area contributed by atoms with Crippen LogP contribution in [0.15, 0.2) is 23.0 Å². The number of fused-ring (bicyclic) bond motifs is 1. The molecule has 1 heterocycles. The van der Waals surface area contributed by atoms with Crippen molar-refractivity contribution < 1.29 is 0 Å². The molecule has 1 aromatic heterocycles. The van der Waals surface area contributed by atoms with Crippen LogP contribution in [-0.2, 0) is 13.1 Å². The maximum absolute atomic E-state index is 12.2. The zero-order valence-corrected chi connectivity index (χ0v) is 11.3. The summed E-state index contributed by atoms with van der Waals surface area (Å²) < 4.78 is 3.62. The highest BCUT2D eigenvalue weighted by Crippen LogP contribution is 2.20. The monoisotopic (exact) mass is 247 g/mol. The number of nitrogens with zero attached hydrogens (tertiary/aromatic N) is 2. The first kappa shape index (κ1) is 12.9. The second-order valence-electron chi connectivity index (χ2n) is 4.53. The van der Waals surface area contributed by atoms with Gasteiger partial charge in [-0.1, -0.05) is 13.0 Å². The third-order valence-electron chi connectivity index (χ3n) is 3.54. The molecule has 18 heavy (non-hydrogen) atoms. The fourth-order valence-corrected chi connectivity index (χ4v) is 2.41. The van der Waals surface area contributed by atoms with Crippen LogP contribution in [0, 0.1) is 0 Å².